The Hall–Kier alpha value is -2.57. The van der Waals surface area contributed by atoms with Gasteiger partial charge < -0.3 is 20.3 Å². The van der Waals surface area contributed by atoms with E-state index in [1.807, 2.05) is 13.8 Å². The maximum Gasteiger partial charge on any atom is 0.338 e. The van der Waals surface area contributed by atoms with Crippen molar-refractivity contribution in [1.82, 2.24) is 15.5 Å². The lowest BCUT2D eigenvalue weighted by Crippen LogP contribution is -2.39. The molecule has 1 aliphatic rings. The van der Waals surface area contributed by atoms with Gasteiger partial charge in [0.25, 0.3) is 5.91 Å². The summed E-state index contributed by atoms with van der Waals surface area (Å²) in [7, 11) is 0. The van der Waals surface area contributed by atoms with Crippen LogP contribution in [0.2, 0.25) is 0 Å². The fraction of sp³-hybridized carbons (Fsp3) is 0.526. The lowest BCUT2D eigenvalue weighted by molar-refractivity contribution is -0.138. The second-order valence-corrected chi connectivity index (χ2v) is 6.76. The van der Waals surface area contributed by atoms with Crippen LogP contribution < -0.4 is 10.6 Å². The van der Waals surface area contributed by atoms with Crippen molar-refractivity contribution in [2.24, 2.45) is 0 Å². The number of nitrogens with zero attached hydrogens (tertiary/aromatic N) is 1. The van der Waals surface area contributed by atoms with E-state index < -0.39 is 12.1 Å². The van der Waals surface area contributed by atoms with Crippen LogP contribution >= 0.6 is 0 Å². The van der Waals surface area contributed by atoms with E-state index in [9.17, 15) is 14.4 Å². The minimum absolute atomic E-state index is 0.0670. The third-order valence-corrected chi connectivity index (χ3v) is 4.11. The van der Waals surface area contributed by atoms with Gasteiger partial charge in [-0.2, -0.15) is 0 Å². The average molecular weight is 361 g/mol. The van der Waals surface area contributed by atoms with Gasteiger partial charge in [0.2, 0.25) is 0 Å². The molecular weight excluding hydrogens is 334 g/mol. The molecule has 1 aliphatic heterocycles. The number of carbonyl (C=O) groups is 3. The molecule has 1 aromatic rings. The number of amides is 3. The molecule has 0 spiro atoms. The molecule has 1 heterocycles. The summed E-state index contributed by atoms with van der Waals surface area (Å²) in [6.07, 6.45) is 1.20. The van der Waals surface area contributed by atoms with Crippen molar-refractivity contribution < 1.29 is 19.1 Å². The summed E-state index contributed by atoms with van der Waals surface area (Å²) in [4.78, 5) is 37.7. The van der Waals surface area contributed by atoms with E-state index in [1.54, 1.807) is 36.1 Å². The molecule has 2 N–H and O–H groups in total. The Bertz CT molecular complexity index is 637. The monoisotopic (exact) mass is 361 g/mol. The minimum atomic E-state index is -0.790. The van der Waals surface area contributed by atoms with Gasteiger partial charge in [-0.1, -0.05) is 12.1 Å². The number of esters is 1. The van der Waals surface area contributed by atoms with Crippen LogP contribution in [0.5, 0.6) is 0 Å². The first kappa shape index (κ1) is 19.8. The average Bonchev–Trinajstić information content (AvgIpc) is 3.13. The Morgan fingerprint density at radius 2 is 1.69 bits per heavy atom. The summed E-state index contributed by atoms with van der Waals surface area (Å²) in [5.41, 5.74) is 1.24. The minimum Gasteiger partial charge on any atom is -0.449 e. The van der Waals surface area contributed by atoms with E-state index in [0.717, 1.165) is 31.5 Å². The van der Waals surface area contributed by atoms with E-state index in [1.165, 1.54) is 0 Å². The third kappa shape index (κ3) is 5.75. The zero-order valence-corrected chi connectivity index (χ0v) is 15.6. The summed E-state index contributed by atoms with van der Waals surface area (Å²) in [5, 5.41) is 5.48. The summed E-state index contributed by atoms with van der Waals surface area (Å²) in [6.45, 7) is 7.19. The Balaban J connectivity index is 1.83. The van der Waals surface area contributed by atoms with E-state index in [-0.39, 0.29) is 18.0 Å². The van der Waals surface area contributed by atoms with Gasteiger partial charge >= 0.3 is 12.0 Å². The van der Waals surface area contributed by atoms with Crippen molar-refractivity contribution in [3.8, 4) is 0 Å². The second kappa shape index (κ2) is 9.22. The van der Waals surface area contributed by atoms with Gasteiger partial charge in [0.15, 0.2) is 6.10 Å². The first-order chi connectivity index (χ1) is 12.4. The van der Waals surface area contributed by atoms with Crippen LogP contribution in [0.15, 0.2) is 24.3 Å². The highest BCUT2D eigenvalue weighted by molar-refractivity contribution is 5.92. The first-order valence-corrected chi connectivity index (χ1v) is 9.00. The van der Waals surface area contributed by atoms with Crippen molar-refractivity contribution in [3.63, 3.8) is 0 Å². The summed E-state index contributed by atoms with van der Waals surface area (Å²) in [6, 6.07) is 6.59. The molecule has 7 heteroatoms. The maximum absolute atomic E-state index is 12.2. The fourth-order valence-corrected chi connectivity index (χ4v) is 2.73. The number of urea groups is 1. The molecule has 1 aromatic carbocycles. The molecule has 0 radical (unpaired) electrons. The van der Waals surface area contributed by atoms with E-state index >= 15 is 0 Å². The molecule has 0 aromatic heterocycles. The highest BCUT2D eigenvalue weighted by atomic mass is 16.5. The summed E-state index contributed by atoms with van der Waals surface area (Å²) < 4.78 is 5.28. The van der Waals surface area contributed by atoms with Gasteiger partial charge in [0, 0.05) is 25.7 Å². The van der Waals surface area contributed by atoms with Crippen LogP contribution in [-0.2, 0) is 16.1 Å². The normalized spacial score (nSPS) is 14.8. The quantitative estimate of drug-likeness (QED) is 0.759. The van der Waals surface area contributed by atoms with Gasteiger partial charge in [-0.25, -0.2) is 9.59 Å². The number of hydrogen-bond donors (Lipinski definition) is 2. The highest BCUT2D eigenvalue weighted by Crippen LogP contribution is 2.12. The fourth-order valence-electron chi connectivity index (χ4n) is 2.73. The number of ether oxygens (including phenoxy) is 1. The number of hydrogen-bond acceptors (Lipinski definition) is 4. The Kier molecular flexibility index (Phi) is 7.00. The topological polar surface area (TPSA) is 87.7 Å². The van der Waals surface area contributed by atoms with Gasteiger partial charge in [0.05, 0.1) is 5.56 Å². The summed E-state index contributed by atoms with van der Waals surface area (Å²) in [5.74, 6) is -0.671. The van der Waals surface area contributed by atoms with E-state index in [2.05, 4.69) is 10.6 Å². The largest absolute Gasteiger partial charge is 0.449 e. The molecule has 1 atom stereocenters. The van der Waals surface area contributed by atoms with Crippen LogP contribution in [0, 0.1) is 0 Å². The molecule has 0 unspecified atom stereocenters. The molecule has 3 amide bonds. The molecule has 0 aliphatic carbocycles. The molecule has 1 fully saturated rings. The molecule has 142 valence electrons. The third-order valence-electron chi connectivity index (χ3n) is 4.11. The van der Waals surface area contributed by atoms with Crippen LogP contribution in [0.4, 0.5) is 4.79 Å². The SMILES string of the molecule is CC(C)NC(=O)NCc1ccc(C(=O)O[C@H](C)C(=O)N2CCCC2)cc1. The van der Waals surface area contributed by atoms with Crippen LogP contribution in [0.3, 0.4) is 0 Å². The number of benzene rings is 1. The molecule has 7 nitrogen and oxygen atoms in total. The van der Waals surface area contributed by atoms with Gasteiger partial charge in [0.1, 0.15) is 0 Å². The zero-order chi connectivity index (χ0) is 19.1. The number of nitrogens with one attached hydrogen (secondary N) is 2. The van der Waals surface area contributed by atoms with E-state index in [4.69, 9.17) is 4.74 Å². The van der Waals surface area contributed by atoms with Crippen molar-refractivity contribution in [2.45, 2.75) is 52.3 Å². The molecule has 0 saturated carbocycles. The standard InChI is InChI=1S/C19H27N3O4/c1-13(2)21-19(25)20-12-15-6-8-16(9-7-15)18(24)26-14(3)17(23)22-10-4-5-11-22/h6-9,13-14H,4-5,10-12H2,1-3H3,(H2,20,21,25)/t14-/m1/s1. The molecule has 2 rings (SSSR count). The molecule has 0 bridgehead atoms. The first-order valence-electron chi connectivity index (χ1n) is 9.00. The Labute approximate surface area is 154 Å². The highest BCUT2D eigenvalue weighted by Gasteiger charge is 2.26. The lowest BCUT2D eigenvalue weighted by Gasteiger charge is -2.20. The van der Waals surface area contributed by atoms with Crippen LogP contribution in [0.1, 0.15) is 49.5 Å². The van der Waals surface area contributed by atoms with Gasteiger partial charge in [-0.3, -0.25) is 4.79 Å². The maximum atomic E-state index is 12.2. The van der Waals surface area contributed by atoms with Crippen molar-refractivity contribution in [1.29, 1.82) is 0 Å². The van der Waals surface area contributed by atoms with E-state index in [0.29, 0.717) is 12.1 Å². The Morgan fingerprint density at radius 3 is 2.27 bits per heavy atom. The second-order valence-electron chi connectivity index (χ2n) is 6.76. The van der Waals surface area contributed by atoms with Crippen LogP contribution in [0.25, 0.3) is 0 Å². The van der Waals surface area contributed by atoms with Gasteiger partial charge in [-0.15, -0.1) is 0 Å². The number of carbonyl (C=O) groups excluding carboxylic acids is 3. The smallest absolute Gasteiger partial charge is 0.338 e. The molecule has 26 heavy (non-hydrogen) atoms. The van der Waals surface area contributed by atoms with Crippen molar-refractivity contribution in [3.05, 3.63) is 35.4 Å². The van der Waals surface area contributed by atoms with Gasteiger partial charge in [-0.05, 0) is 51.3 Å². The number of rotatable bonds is 6. The lowest BCUT2D eigenvalue weighted by atomic mass is 10.1. The Morgan fingerprint density at radius 1 is 1.08 bits per heavy atom. The zero-order valence-electron chi connectivity index (χ0n) is 15.6. The van der Waals surface area contributed by atoms with Crippen molar-refractivity contribution >= 4 is 17.9 Å². The number of likely N-dealkylation sites (tertiary alicyclic amines) is 1. The molecular formula is C19H27N3O4. The summed E-state index contributed by atoms with van der Waals surface area (Å²) >= 11 is 0. The van der Waals surface area contributed by atoms with Crippen LogP contribution in [-0.4, -0.2) is 48.0 Å². The van der Waals surface area contributed by atoms with Crippen molar-refractivity contribution in [2.75, 3.05) is 13.1 Å². The molecule has 1 saturated heterocycles. The predicted octanol–water partition coefficient (Wildman–Crippen LogP) is 2.06. The predicted molar refractivity (Wildman–Crippen MR) is 97.6 cm³/mol.